The van der Waals surface area contributed by atoms with E-state index in [4.69, 9.17) is 4.74 Å². The Labute approximate surface area is 164 Å². The normalized spacial score (nSPS) is 12.6. The fourth-order valence-corrected chi connectivity index (χ4v) is 2.85. The molecule has 0 spiro atoms. The van der Waals surface area contributed by atoms with Crippen LogP contribution < -0.4 is 5.32 Å². The fourth-order valence-electron chi connectivity index (χ4n) is 2.85. The number of anilines is 1. The molecule has 2 aromatic rings. The molecule has 2 aromatic carbocycles. The van der Waals surface area contributed by atoms with E-state index in [1.807, 2.05) is 0 Å². The lowest BCUT2D eigenvalue weighted by Gasteiger charge is -2.09. The largest absolute Gasteiger partial charge is 0.452 e. The third-order valence-corrected chi connectivity index (χ3v) is 4.37. The maximum absolute atomic E-state index is 12.2. The van der Waals surface area contributed by atoms with Gasteiger partial charge in [-0.3, -0.25) is 29.4 Å². The molecule has 0 atom stereocenters. The van der Waals surface area contributed by atoms with Crippen LogP contribution in [0.4, 0.5) is 11.4 Å². The van der Waals surface area contributed by atoms with Gasteiger partial charge in [-0.25, -0.2) is 4.79 Å². The van der Waals surface area contributed by atoms with E-state index in [0.717, 1.165) is 4.90 Å². The van der Waals surface area contributed by atoms with Gasteiger partial charge in [0, 0.05) is 13.1 Å². The Hall–Kier alpha value is -4.08. The van der Waals surface area contributed by atoms with Gasteiger partial charge in [0.15, 0.2) is 6.61 Å². The summed E-state index contributed by atoms with van der Waals surface area (Å²) in [6.45, 7) is 0.905. The van der Waals surface area contributed by atoms with Crippen molar-refractivity contribution in [3.05, 3.63) is 68.8 Å². The van der Waals surface area contributed by atoms with Crippen molar-refractivity contribution in [2.24, 2.45) is 0 Å². The Morgan fingerprint density at radius 1 is 1.14 bits per heavy atom. The molecule has 3 amide bonds. The van der Waals surface area contributed by atoms with E-state index in [0.29, 0.717) is 5.56 Å². The number of nitro benzene ring substituents is 1. The SMILES string of the molecule is Cc1cccc([N+](=O)[O-])c1NC(=O)COC(=O)c1ccc2c(c1)C(=O)N(C)C2=O. The lowest BCUT2D eigenvalue weighted by Crippen LogP contribution is -2.24. The predicted octanol–water partition coefficient (Wildman–Crippen LogP) is 1.92. The first-order chi connectivity index (χ1) is 13.7. The van der Waals surface area contributed by atoms with E-state index in [9.17, 15) is 29.3 Å². The number of esters is 1. The molecule has 29 heavy (non-hydrogen) atoms. The van der Waals surface area contributed by atoms with Crippen molar-refractivity contribution < 1.29 is 28.8 Å². The Morgan fingerprint density at radius 3 is 2.52 bits per heavy atom. The van der Waals surface area contributed by atoms with Gasteiger partial charge in [0.25, 0.3) is 23.4 Å². The molecule has 0 unspecified atom stereocenters. The van der Waals surface area contributed by atoms with Gasteiger partial charge in [0.1, 0.15) is 5.69 Å². The van der Waals surface area contributed by atoms with E-state index in [-0.39, 0.29) is 28.1 Å². The first-order valence-electron chi connectivity index (χ1n) is 8.38. The number of hydrogen-bond donors (Lipinski definition) is 1. The smallest absolute Gasteiger partial charge is 0.338 e. The minimum Gasteiger partial charge on any atom is -0.452 e. The minimum absolute atomic E-state index is 0.00475. The van der Waals surface area contributed by atoms with Gasteiger partial charge in [0.2, 0.25) is 0 Å². The van der Waals surface area contributed by atoms with Crippen molar-refractivity contribution in [1.82, 2.24) is 4.90 Å². The van der Waals surface area contributed by atoms with Gasteiger partial charge in [0.05, 0.1) is 21.6 Å². The number of fused-ring (bicyclic) bond motifs is 1. The monoisotopic (exact) mass is 397 g/mol. The topological polar surface area (TPSA) is 136 Å². The number of aryl methyl sites for hydroxylation is 1. The zero-order valence-electron chi connectivity index (χ0n) is 15.4. The molecule has 148 valence electrons. The van der Waals surface area contributed by atoms with Crippen LogP contribution in [-0.4, -0.2) is 47.2 Å². The van der Waals surface area contributed by atoms with Crippen LogP contribution in [0.25, 0.3) is 0 Å². The number of carbonyl (C=O) groups is 4. The number of ether oxygens (including phenoxy) is 1. The van der Waals surface area contributed by atoms with E-state index in [1.165, 1.54) is 37.4 Å². The number of nitrogens with one attached hydrogen (secondary N) is 1. The Bertz CT molecular complexity index is 1080. The number of imide groups is 1. The highest BCUT2D eigenvalue weighted by Crippen LogP contribution is 2.27. The third-order valence-electron chi connectivity index (χ3n) is 4.37. The van der Waals surface area contributed by atoms with Crippen molar-refractivity contribution in [1.29, 1.82) is 0 Å². The van der Waals surface area contributed by atoms with E-state index in [2.05, 4.69) is 5.32 Å². The molecule has 1 aliphatic heterocycles. The molecule has 0 bridgehead atoms. The molecule has 10 heteroatoms. The maximum Gasteiger partial charge on any atom is 0.338 e. The number of carbonyl (C=O) groups excluding carboxylic acids is 4. The van der Waals surface area contributed by atoms with Crippen LogP contribution in [0.3, 0.4) is 0 Å². The first kappa shape index (κ1) is 19.7. The molecule has 3 rings (SSSR count). The molecule has 1 N–H and O–H groups in total. The summed E-state index contributed by atoms with van der Waals surface area (Å²) in [4.78, 5) is 59.5. The zero-order chi connectivity index (χ0) is 21.3. The van der Waals surface area contributed by atoms with Crippen LogP contribution in [-0.2, 0) is 9.53 Å². The number of rotatable bonds is 5. The highest BCUT2D eigenvalue weighted by molar-refractivity contribution is 6.21. The second-order valence-corrected chi connectivity index (χ2v) is 6.28. The van der Waals surface area contributed by atoms with E-state index in [1.54, 1.807) is 13.0 Å². The number of benzene rings is 2. The van der Waals surface area contributed by atoms with E-state index >= 15 is 0 Å². The number of nitro groups is 1. The van der Waals surface area contributed by atoms with Crippen molar-refractivity contribution in [3.63, 3.8) is 0 Å². The second-order valence-electron chi connectivity index (χ2n) is 6.28. The Balaban J connectivity index is 1.68. The van der Waals surface area contributed by atoms with Gasteiger partial charge >= 0.3 is 5.97 Å². The predicted molar refractivity (Wildman–Crippen MR) is 99.6 cm³/mol. The lowest BCUT2D eigenvalue weighted by molar-refractivity contribution is -0.384. The maximum atomic E-state index is 12.2. The summed E-state index contributed by atoms with van der Waals surface area (Å²) in [5, 5.41) is 13.5. The molecule has 0 radical (unpaired) electrons. The minimum atomic E-state index is -0.878. The van der Waals surface area contributed by atoms with Crippen molar-refractivity contribution in [2.75, 3.05) is 19.0 Å². The van der Waals surface area contributed by atoms with Gasteiger partial charge in [-0.2, -0.15) is 0 Å². The van der Waals surface area contributed by atoms with Crippen molar-refractivity contribution in [3.8, 4) is 0 Å². The van der Waals surface area contributed by atoms with Crippen LogP contribution in [0.15, 0.2) is 36.4 Å². The first-order valence-corrected chi connectivity index (χ1v) is 8.38. The van der Waals surface area contributed by atoms with Crippen LogP contribution in [0.1, 0.15) is 36.6 Å². The summed E-state index contributed by atoms with van der Waals surface area (Å²) in [6, 6.07) is 8.21. The van der Waals surface area contributed by atoms with Crippen molar-refractivity contribution >= 4 is 35.1 Å². The second kappa shape index (κ2) is 7.50. The highest BCUT2D eigenvalue weighted by atomic mass is 16.6. The van der Waals surface area contributed by atoms with E-state index < -0.39 is 35.2 Å². The highest BCUT2D eigenvalue weighted by Gasteiger charge is 2.33. The quantitative estimate of drug-likeness (QED) is 0.352. The molecule has 0 aliphatic carbocycles. The summed E-state index contributed by atoms with van der Waals surface area (Å²) in [7, 11) is 1.33. The lowest BCUT2D eigenvalue weighted by atomic mass is 10.1. The summed E-state index contributed by atoms with van der Waals surface area (Å²) in [5.74, 6) is -2.65. The van der Waals surface area contributed by atoms with Gasteiger partial charge in [-0.1, -0.05) is 12.1 Å². The molecule has 10 nitrogen and oxygen atoms in total. The molecule has 0 aromatic heterocycles. The molecular weight excluding hydrogens is 382 g/mol. The summed E-state index contributed by atoms with van der Waals surface area (Å²) < 4.78 is 4.92. The molecule has 0 fully saturated rings. The van der Waals surface area contributed by atoms with Gasteiger partial charge in [-0.05, 0) is 30.7 Å². The average molecular weight is 397 g/mol. The van der Waals surface area contributed by atoms with Gasteiger partial charge < -0.3 is 10.1 Å². The van der Waals surface area contributed by atoms with Crippen LogP contribution >= 0.6 is 0 Å². The summed E-state index contributed by atoms with van der Waals surface area (Å²) in [6.07, 6.45) is 0. The number of hydrogen-bond acceptors (Lipinski definition) is 7. The third kappa shape index (κ3) is 3.68. The standard InChI is InChI=1S/C19H15N3O7/c1-10-4-3-5-14(22(27)28)16(10)20-15(23)9-29-19(26)11-6-7-12-13(8-11)18(25)21(2)17(12)24/h3-8H,9H2,1-2H3,(H,20,23). The summed E-state index contributed by atoms with van der Waals surface area (Å²) in [5.41, 5.74) is 0.462. The number of para-hydroxylation sites is 1. The number of nitrogens with zero attached hydrogens (tertiary/aromatic N) is 2. The van der Waals surface area contributed by atoms with Crippen LogP contribution in [0, 0.1) is 17.0 Å². The fraction of sp³-hybridized carbons (Fsp3) is 0.158. The van der Waals surface area contributed by atoms with Crippen LogP contribution in [0.2, 0.25) is 0 Å². The van der Waals surface area contributed by atoms with Crippen LogP contribution in [0.5, 0.6) is 0 Å². The Kier molecular flexibility index (Phi) is 5.09. The number of amides is 3. The Morgan fingerprint density at radius 2 is 1.83 bits per heavy atom. The van der Waals surface area contributed by atoms with Crippen molar-refractivity contribution in [2.45, 2.75) is 6.92 Å². The molecular formula is C19H15N3O7. The average Bonchev–Trinajstić information content (AvgIpc) is 2.91. The van der Waals surface area contributed by atoms with Gasteiger partial charge in [-0.15, -0.1) is 0 Å². The molecule has 1 aliphatic rings. The molecule has 0 saturated carbocycles. The molecule has 0 saturated heterocycles. The zero-order valence-corrected chi connectivity index (χ0v) is 15.4. The summed E-state index contributed by atoms with van der Waals surface area (Å²) >= 11 is 0. The molecule has 1 heterocycles.